The van der Waals surface area contributed by atoms with Gasteiger partial charge in [0.25, 0.3) is 5.91 Å². The Morgan fingerprint density at radius 1 is 1.25 bits per heavy atom. The summed E-state index contributed by atoms with van der Waals surface area (Å²) in [5.74, 6) is 0.352. The highest BCUT2D eigenvalue weighted by Crippen LogP contribution is 2.44. The average molecular weight is 351 g/mol. The molecule has 2 saturated heterocycles. The van der Waals surface area contributed by atoms with Crippen molar-refractivity contribution in [2.24, 2.45) is 11.3 Å². The molecule has 0 radical (unpaired) electrons. The number of carbonyl (C=O) groups excluding carboxylic acids is 1. The molecule has 6 nitrogen and oxygen atoms in total. The maximum Gasteiger partial charge on any atom is 0.251 e. The fourth-order valence-electron chi connectivity index (χ4n) is 3.88. The summed E-state index contributed by atoms with van der Waals surface area (Å²) in [6, 6.07) is 9.17. The number of amides is 1. The van der Waals surface area contributed by atoms with Crippen LogP contribution in [0.5, 0.6) is 0 Å². The monoisotopic (exact) mass is 351 g/mol. The van der Waals surface area contributed by atoms with Crippen LogP contribution >= 0.6 is 0 Å². The number of likely N-dealkylation sites (tertiary alicyclic amines) is 1. The van der Waals surface area contributed by atoms with Crippen molar-refractivity contribution < 1.29 is 13.2 Å². The minimum atomic E-state index is -3.11. The lowest BCUT2D eigenvalue weighted by molar-refractivity contribution is 0.0401. The molecule has 7 heteroatoms. The number of carbonyl (C=O) groups is 1. The molecule has 0 saturated carbocycles. The minimum Gasteiger partial charge on any atom is -0.352 e. The minimum absolute atomic E-state index is 0.0268. The predicted molar refractivity (Wildman–Crippen MR) is 93.2 cm³/mol. The summed E-state index contributed by atoms with van der Waals surface area (Å²) in [4.78, 5) is 14.5. The first-order valence-electron chi connectivity index (χ1n) is 8.36. The van der Waals surface area contributed by atoms with Crippen LogP contribution in [0.3, 0.4) is 0 Å². The molecule has 2 aliphatic heterocycles. The lowest BCUT2D eigenvalue weighted by Gasteiger charge is -2.50. The zero-order valence-corrected chi connectivity index (χ0v) is 15.1. The number of benzene rings is 1. The van der Waals surface area contributed by atoms with E-state index in [0.717, 1.165) is 13.1 Å². The highest BCUT2D eigenvalue weighted by molar-refractivity contribution is 7.89. The fourth-order valence-corrected chi connectivity index (χ4v) is 5.16. The molecule has 1 aromatic carbocycles. The number of rotatable bonds is 5. The predicted octanol–water partition coefficient (Wildman–Crippen LogP) is 0.630. The Morgan fingerprint density at radius 2 is 1.92 bits per heavy atom. The third kappa shape index (κ3) is 3.20. The van der Waals surface area contributed by atoms with E-state index in [1.165, 1.54) is 0 Å². The molecule has 24 heavy (non-hydrogen) atoms. The van der Waals surface area contributed by atoms with Crippen molar-refractivity contribution in [1.82, 2.24) is 14.5 Å². The number of nitrogens with one attached hydrogen (secondary N) is 1. The summed E-state index contributed by atoms with van der Waals surface area (Å²) in [7, 11) is -1.06. The molecular formula is C17H25N3O3S. The van der Waals surface area contributed by atoms with Crippen LogP contribution in [0.2, 0.25) is 0 Å². The molecule has 1 unspecified atom stereocenters. The zero-order valence-electron chi connectivity index (χ0n) is 14.2. The van der Waals surface area contributed by atoms with Crippen molar-refractivity contribution in [2.75, 3.05) is 45.5 Å². The van der Waals surface area contributed by atoms with Crippen LogP contribution in [-0.2, 0) is 10.0 Å². The maximum absolute atomic E-state index is 12.2. The summed E-state index contributed by atoms with van der Waals surface area (Å²) < 4.78 is 25.6. The first-order valence-corrected chi connectivity index (χ1v) is 9.97. The fraction of sp³-hybridized carbons (Fsp3) is 0.588. The van der Waals surface area contributed by atoms with Gasteiger partial charge >= 0.3 is 0 Å². The summed E-state index contributed by atoms with van der Waals surface area (Å²) >= 11 is 0. The molecule has 0 aliphatic carbocycles. The molecular weight excluding hydrogens is 326 g/mol. The quantitative estimate of drug-likeness (QED) is 0.845. The van der Waals surface area contributed by atoms with Crippen LogP contribution in [0.1, 0.15) is 17.3 Å². The lowest BCUT2D eigenvalue weighted by Crippen LogP contribution is -2.63. The maximum atomic E-state index is 12.2. The smallest absolute Gasteiger partial charge is 0.251 e. The van der Waals surface area contributed by atoms with Crippen LogP contribution in [0.25, 0.3) is 0 Å². The van der Waals surface area contributed by atoms with Gasteiger partial charge in [0.2, 0.25) is 10.0 Å². The second-order valence-corrected chi connectivity index (χ2v) is 9.26. The van der Waals surface area contributed by atoms with E-state index in [1.54, 1.807) is 23.4 Å². The Labute approximate surface area is 143 Å². The molecule has 0 bridgehead atoms. The Morgan fingerprint density at radius 3 is 2.54 bits per heavy atom. The Hall–Kier alpha value is -1.44. The molecule has 1 spiro atoms. The van der Waals surface area contributed by atoms with Gasteiger partial charge in [-0.1, -0.05) is 18.2 Å². The van der Waals surface area contributed by atoms with Crippen molar-refractivity contribution in [1.29, 1.82) is 0 Å². The Kier molecular flexibility index (Phi) is 4.68. The summed E-state index contributed by atoms with van der Waals surface area (Å²) in [6.45, 7) is 5.17. The van der Waals surface area contributed by atoms with Gasteiger partial charge < -0.3 is 10.2 Å². The third-order valence-electron chi connectivity index (χ3n) is 5.27. The van der Waals surface area contributed by atoms with Crippen molar-refractivity contribution >= 4 is 15.9 Å². The number of nitrogens with zero attached hydrogens (tertiary/aromatic N) is 2. The van der Waals surface area contributed by atoms with Crippen molar-refractivity contribution in [3.63, 3.8) is 0 Å². The van der Waals surface area contributed by atoms with E-state index in [9.17, 15) is 13.2 Å². The largest absolute Gasteiger partial charge is 0.352 e. The van der Waals surface area contributed by atoms with Crippen molar-refractivity contribution in [3.8, 4) is 0 Å². The van der Waals surface area contributed by atoms with Gasteiger partial charge in [0.05, 0.1) is 5.75 Å². The molecule has 0 aromatic heterocycles. The topological polar surface area (TPSA) is 69.7 Å². The summed E-state index contributed by atoms with van der Waals surface area (Å²) in [5, 5.41) is 3.02. The number of sulfonamides is 1. The van der Waals surface area contributed by atoms with Crippen molar-refractivity contribution in [2.45, 2.75) is 6.92 Å². The molecule has 3 rings (SSSR count). The first kappa shape index (κ1) is 17.4. The highest BCUT2D eigenvalue weighted by Gasteiger charge is 2.55. The second kappa shape index (κ2) is 6.46. The van der Waals surface area contributed by atoms with Gasteiger partial charge in [0, 0.05) is 43.7 Å². The third-order valence-corrected chi connectivity index (χ3v) is 7.04. The van der Waals surface area contributed by atoms with E-state index in [0.29, 0.717) is 25.2 Å². The van der Waals surface area contributed by atoms with Gasteiger partial charge in [-0.2, -0.15) is 0 Å². The number of hydrogen-bond acceptors (Lipinski definition) is 4. The zero-order chi connectivity index (χ0) is 17.4. The molecule has 132 valence electrons. The van der Waals surface area contributed by atoms with E-state index < -0.39 is 10.0 Å². The van der Waals surface area contributed by atoms with Crippen LogP contribution in [0, 0.1) is 11.3 Å². The van der Waals surface area contributed by atoms with Gasteiger partial charge in [0.15, 0.2) is 0 Å². The van der Waals surface area contributed by atoms with Gasteiger partial charge in [-0.15, -0.1) is 0 Å². The molecule has 2 heterocycles. The second-order valence-electron chi connectivity index (χ2n) is 7.00. The summed E-state index contributed by atoms with van der Waals surface area (Å²) in [5.41, 5.74) is 0.628. The molecule has 2 aliphatic rings. The Balaban J connectivity index is 1.62. The van der Waals surface area contributed by atoms with E-state index >= 15 is 0 Å². The van der Waals surface area contributed by atoms with Crippen LogP contribution in [0.4, 0.5) is 0 Å². The first-order chi connectivity index (χ1) is 11.4. The standard InChI is InChI=1S/C17H25N3O3S/c1-3-24(22,23)20-12-17(13-20)11-19(2)10-15(17)9-18-16(21)14-7-5-4-6-8-14/h4-8,15H,3,9-13H2,1-2H3,(H,18,21). The van der Waals surface area contributed by atoms with E-state index in [2.05, 4.69) is 17.3 Å². The van der Waals surface area contributed by atoms with E-state index in [-0.39, 0.29) is 23.0 Å². The molecule has 1 atom stereocenters. The molecule has 1 aromatic rings. The number of hydrogen-bond donors (Lipinski definition) is 1. The lowest BCUT2D eigenvalue weighted by atomic mass is 9.73. The van der Waals surface area contributed by atoms with Gasteiger partial charge in [-0.05, 0) is 32.0 Å². The molecule has 1 N–H and O–H groups in total. The molecule has 1 amide bonds. The van der Waals surface area contributed by atoms with Crippen LogP contribution in [0.15, 0.2) is 30.3 Å². The average Bonchev–Trinajstić information content (AvgIpc) is 2.88. The van der Waals surface area contributed by atoms with Crippen molar-refractivity contribution in [3.05, 3.63) is 35.9 Å². The van der Waals surface area contributed by atoms with Crippen LogP contribution < -0.4 is 5.32 Å². The van der Waals surface area contributed by atoms with E-state index in [1.807, 2.05) is 18.2 Å². The van der Waals surface area contributed by atoms with Gasteiger partial charge in [-0.25, -0.2) is 12.7 Å². The van der Waals surface area contributed by atoms with E-state index in [4.69, 9.17) is 0 Å². The van der Waals surface area contributed by atoms with Crippen LogP contribution in [-0.4, -0.2) is 69.1 Å². The Bertz CT molecular complexity index is 699. The highest BCUT2D eigenvalue weighted by atomic mass is 32.2. The van der Waals surface area contributed by atoms with Gasteiger partial charge in [-0.3, -0.25) is 4.79 Å². The SMILES string of the molecule is CCS(=O)(=O)N1CC2(CN(C)CC2CNC(=O)c2ccccc2)C1. The normalized spacial score (nSPS) is 24.0. The summed E-state index contributed by atoms with van der Waals surface area (Å²) in [6.07, 6.45) is 0. The van der Waals surface area contributed by atoms with Gasteiger partial charge in [0.1, 0.15) is 0 Å². The molecule has 2 fully saturated rings.